The summed E-state index contributed by atoms with van der Waals surface area (Å²) in [6.07, 6.45) is 1.01. The Labute approximate surface area is 86.8 Å². The summed E-state index contributed by atoms with van der Waals surface area (Å²) >= 11 is 0. The van der Waals surface area contributed by atoms with Crippen LogP contribution in [0.4, 0.5) is 0 Å². The summed E-state index contributed by atoms with van der Waals surface area (Å²) in [6, 6.07) is 7.54. The minimum Gasteiger partial charge on any atom is -0.508 e. The highest BCUT2D eigenvalue weighted by Gasteiger charge is 2.22. The van der Waals surface area contributed by atoms with Crippen molar-refractivity contribution in [2.75, 3.05) is 0 Å². The zero-order valence-corrected chi connectivity index (χ0v) is 9.54. The molecule has 0 unspecified atom stereocenters. The van der Waals surface area contributed by atoms with Crippen molar-refractivity contribution < 1.29 is 5.11 Å². The Morgan fingerprint density at radius 3 is 2.43 bits per heavy atom. The molecule has 0 spiro atoms. The molecule has 78 valence electrons. The third-order valence-corrected chi connectivity index (χ3v) is 3.13. The number of hydrogen-bond acceptors (Lipinski definition) is 1. The van der Waals surface area contributed by atoms with Gasteiger partial charge >= 0.3 is 0 Å². The number of phenolic OH excluding ortho intramolecular Hbond substituents is 1. The van der Waals surface area contributed by atoms with E-state index in [9.17, 15) is 5.11 Å². The van der Waals surface area contributed by atoms with Gasteiger partial charge in [0.2, 0.25) is 0 Å². The molecule has 1 nitrogen and oxygen atoms in total. The van der Waals surface area contributed by atoms with E-state index in [-0.39, 0.29) is 5.41 Å². The van der Waals surface area contributed by atoms with Crippen molar-refractivity contribution in [2.24, 2.45) is 11.3 Å². The van der Waals surface area contributed by atoms with E-state index in [1.165, 1.54) is 5.56 Å². The maximum Gasteiger partial charge on any atom is 0.115 e. The van der Waals surface area contributed by atoms with Gasteiger partial charge in [-0.3, -0.25) is 0 Å². The first-order chi connectivity index (χ1) is 6.42. The van der Waals surface area contributed by atoms with E-state index < -0.39 is 0 Å². The molecule has 0 aromatic heterocycles. The first-order valence-electron chi connectivity index (χ1n) is 5.20. The molecule has 0 aliphatic heterocycles. The summed E-state index contributed by atoms with van der Waals surface area (Å²) in [5, 5.41) is 9.35. The highest BCUT2D eigenvalue weighted by molar-refractivity contribution is 5.27. The average molecular weight is 192 g/mol. The van der Waals surface area contributed by atoms with E-state index >= 15 is 0 Å². The summed E-state index contributed by atoms with van der Waals surface area (Å²) < 4.78 is 0. The molecular weight excluding hydrogens is 172 g/mol. The van der Waals surface area contributed by atoms with E-state index in [1.807, 2.05) is 12.1 Å². The number of hydrogen-bond donors (Lipinski definition) is 1. The predicted molar refractivity (Wildman–Crippen MR) is 60.4 cm³/mol. The Morgan fingerprint density at radius 2 is 1.93 bits per heavy atom. The van der Waals surface area contributed by atoms with Crippen molar-refractivity contribution >= 4 is 0 Å². The summed E-state index contributed by atoms with van der Waals surface area (Å²) in [6.45, 7) is 9.01. The maximum atomic E-state index is 9.35. The fraction of sp³-hybridized carbons (Fsp3) is 0.538. The van der Waals surface area contributed by atoms with Crippen LogP contribution < -0.4 is 0 Å². The smallest absolute Gasteiger partial charge is 0.115 e. The minimum atomic E-state index is 0.286. The van der Waals surface area contributed by atoms with Gasteiger partial charge in [-0.15, -0.1) is 0 Å². The van der Waals surface area contributed by atoms with Gasteiger partial charge in [0, 0.05) is 0 Å². The van der Waals surface area contributed by atoms with Gasteiger partial charge < -0.3 is 5.11 Å². The minimum absolute atomic E-state index is 0.286. The summed E-state index contributed by atoms with van der Waals surface area (Å²) in [5.41, 5.74) is 1.50. The highest BCUT2D eigenvalue weighted by atomic mass is 16.3. The van der Waals surface area contributed by atoms with Gasteiger partial charge in [-0.25, -0.2) is 0 Å². The molecule has 14 heavy (non-hydrogen) atoms. The second-order valence-corrected chi connectivity index (χ2v) is 4.99. The van der Waals surface area contributed by atoms with Crippen LogP contribution in [0.5, 0.6) is 5.75 Å². The molecule has 1 N–H and O–H groups in total. The summed E-state index contributed by atoms with van der Waals surface area (Å²) in [4.78, 5) is 0. The van der Waals surface area contributed by atoms with Gasteiger partial charge in [0.25, 0.3) is 0 Å². The average Bonchev–Trinajstić information content (AvgIpc) is 2.02. The summed E-state index contributed by atoms with van der Waals surface area (Å²) in [7, 11) is 0. The van der Waals surface area contributed by atoms with E-state index in [1.54, 1.807) is 6.07 Å². The molecule has 1 rings (SSSR count). The molecule has 0 radical (unpaired) electrons. The number of benzene rings is 1. The molecule has 0 atom stereocenters. The van der Waals surface area contributed by atoms with Crippen LogP contribution in [0.1, 0.15) is 33.3 Å². The lowest BCUT2D eigenvalue weighted by Gasteiger charge is -2.29. The van der Waals surface area contributed by atoms with E-state index in [0.717, 1.165) is 6.42 Å². The Bertz CT molecular complexity index is 300. The van der Waals surface area contributed by atoms with Crippen molar-refractivity contribution in [1.29, 1.82) is 0 Å². The zero-order valence-electron chi connectivity index (χ0n) is 9.54. The lowest BCUT2D eigenvalue weighted by molar-refractivity contribution is 0.248. The quantitative estimate of drug-likeness (QED) is 0.775. The zero-order chi connectivity index (χ0) is 10.8. The first-order valence-corrected chi connectivity index (χ1v) is 5.20. The van der Waals surface area contributed by atoms with Gasteiger partial charge in [0.05, 0.1) is 0 Å². The molecule has 0 saturated heterocycles. The van der Waals surface area contributed by atoms with Crippen molar-refractivity contribution in [2.45, 2.75) is 34.1 Å². The van der Waals surface area contributed by atoms with Crippen LogP contribution in [0, 0.1) is 11.3 Å². The van der Waals surface area contributed by atoms with Crippen LogP contribution in [0.25, 0.3) is 0 Å². The number of aromatic hydroxyl groups is 1. The monoisotopic (exact) mass is 192 g/mol. The van der Waals surface area contributed by atoms with E-state index in [4.69, 9.17) is 0 Å². The van der Waals surface area contributed by atoms with Gasteiger partial charge in [-0.05, 0) is 35.4 Å². The lowest BCUT2D eigenvalue weighted by Crippen LogP contribution is -2.21. The molecule has 1 aromatic carbocycles. The van der Waals surface area contributed by atoms with Gasteiger partial charge in [-0.2, -0.15) is 0 Å². The topological polar surface area (TPSA) is 20.2 Å². The van der Waals surface area contributed by atoms with Gasteiger partial charge in [0.1, 0.15) is 5.75 Å². The normalized spacial score (nSPS) is 12.1. The van der Waals surface area contributed by atoms with E-state index in [0.29, 0.717) is 11.7 Å². The van der Waals surface area contributed by atoms with E-state index in [2.05, 4.69) is 33.8 Å². The first kappa shape index (κ1) is 11.1. The maximum absolute atomic E-state index is 9.35. The van der Waals surface area contributed by atoms with Crippen molar-refractivity contribution in [3.05, 3.63) is 29.8 Å². The van der Waals surface area contributed by atoms with Crippen molar-refractivity contribution in [3.8, 4) is 5.75 Å². The second-order valence-electron chi connectivity index (χ2n) is 4.99. The molecule has 0 fully saturated rings. The van der Waals surface area contributed by atoms with Crippen molar-refractivity contribution in [1.82, 2.24) is 0 Å². The SMILES string of the molecule is CC(C)C(C)(C)Cc1cccc(O)c1. The Balaban J connectivity index is 2.78. The third-order valence-electron chi connectivity index (χ3n) is 3.13. The molecular formula is C13H20O. The Hall–Kier alpha value is -0.980. The molecule has 0 aliphatic carbocycles. The van der Waals surface area contributed by atoms with Crippen LogP contribution in [-0.2, 0) is 6.42 Å². The third kappa shape index (κ3) is 2.76. The van der Waals surface area contributed by atoms with Crippen LogP contribution in [0.15, 0.2) is 24.3 Å². The van der Waals surface area contributed by atoms with Crippen LogP contribution in [0.2, 0.25) is 0 Å². The fourth-order valence-electron chi connectivity index (χ4n) is 1.40. The molecule has 0 heterocycles. The highest BCUT2D eigenvalue weighted by Crippen LogP contribution is 2.31. The van der Waals surface area contributed by atoms with Crippen LogP contribution in [0.3, 0.4) is 0 Å². The van der Waals surface area contributed by atoms with Gasteiger partial charge in [0.15, 0.2) is 0 Å². The van der Waals surface area contributed by atoms with Crippen LogP contribution in [-0.4, -0.2) is 5.11 Å². The molecule has 0 bridgehead atoms. The van der Waals surface area contributed by atoms with Gasteiger partial charge in [-0.1, -0.05) is 39.8 Å². The number of rotatable bonds is 3. The largest absolute Gasteiger partial charge is 0.508 e. The Morgan fingerprint density at radius 1 is 1.29 bits per heavy atom. The predicted octanol–water partition coefficient (Wildman–Crippen LogP) is 3.62. The molecule has 0 aliphatic rings. The summed E-state index contributed by atoms with van der Waals surface area (Å²) in [5.74, 6) is 1.01. The fourth-order valence-corrected chi connectivity index (χ4v) is 1.40. The standard InChI is InChI=1S/C13H20O/c1-10(2)13(3,4)9-11-6-5-7-12(14)8-11/h5-8,10,14H,9H2,1-4H3. The Kier molecular flexibility index (Phi) is 3.20. The van der Waals surface area contributed by atoms with Crippen LogP contribution >= 0.6 is 0 Å². The molecule has 1 aromatic rings. The second kappa shape index (κ2) is 4.04. The van der Waals surface area contributed by atoms with Crippen molar-refractivity contribution in [3.63, 3.8) is 0 Å². The molecule has 0 amide bonds. The number of phenols is 1. The molecule has 1 heteroatoms. The molecule has 0 saturated carbocycles. The lowest BCUT2D eigenvalue weighted by atomic mass is 9.76.